The maximum Gasteiger partial charge on any atom is 0.258 e. The van der Waals surface area contributed by atoms with E-state index < -0.39 is 6.04 Å². The summed E-state index contributed by atoms with van der Waals surface area (Å²) in [7, 11) is 0. The highest BCUT2D eigenvalue weighted by molar-refractivity contribution is 5.60. The van der Waals surface area contributed by atoms with Gasteiger partial charge in [0.1, 0.15) is 0 Å². The van der Waals surface area contributed by atoms with Crippen LogP contribution in [0.5, 0.6) is 11.5 Å². The van der Waals surface area contributed by atoms with Crippen molar-refractivity contribution in [2.45, 2.75) is 26.0 Å². The maximum absolute atomic E-state index is 5.97. The van der Waals surface area contributed by atoms with Gasteiger partial charge in [0.05, 0.1) is 18.8 Å². The number of fused-ring (bicyclic) bond motifs is 1. The Labute approximate surface area is 122 Å². The van der Waals surface area contributed by atoms with Crippen LogP contribution >= 0.6 is 0 Å². The first-order valence-electron chi connectivity index (χ1n) is 6.74. The SMILES string of the molecule is CC(C)OCC(N)c1noc(-c2ccc3c(c2)OCO3)n1. The molecular formula is C14H17N3O4. The van der Waals surface area contributed by atoms with E-state index in [9.17, 15) is 0 Å². The molecule has 2 N–H and O–H groups in total. The summed E-state index contributed by atoms with van der Waals surface area (Å²) in [6.45, 7) is 4.46. The predicted octanol–water partition coefficient (Wildman–Crippen LogP) is 1.89. The van der Waals surface area contributed by atoms with Crippen LogP contribution in [0.2, 0.25) is 0 Å². The van der Waals surface area contributed by atoms with Gasteiger partial charge in [0.25, 0.3) is 5.89 Å². The fourth-order valence-electron chi connectivity index (χ4n) is 1.90. The van der Waals surface area contributed by atoms with E-state index in [4.69, 9.17) is 24.5 Å². The molecule has 0 saturated heterocycles. The summed E-state index contributed by atoms with van der Waals surface area (Å²) in [4.78, 5) is 4.30. The van der Waals surface area contributed by atoms with Crippen LogP contribution in [0.3, 0.4) is 0 Å². The lowest BCUT2D eigenvalue weighted by atomic mass is 10.2. The molecule has 1 aliphatic heterocycles. The summed E-state index contributed by atoms with van der Waals surface area (Å²) in [6, 6.07) is 5.03. The van der Waals surface area contributed by atoms with E-state index in [1.165, 1.54) is 0 Å². The quantitative estimate of drug-likeness (QED) is 0.899. The second-order valence-electron chi connectivity index (χ2n) is 5.01. The van der Waals surface area contributed by atoms with Gasteiger partial charge in [-0.1, -0.05) is 5.16 Å². The van der Waals surface area contributed by atoms with Crippen molar-refractivity contribution in [3.63, 3.8) is 0 Å². The van der Waals surface area contributed by atoms with E-state index in [2.05, 4.69) is 10.1 Å². The van der Waals surface area contributed by atoms with Crippen molar-refractivity contribution < 1.29 is 18.7 Å². The molecule has 1 atom stereocenters. The minimum atomic E-state index is -0.418. The Hall–Kier alpha value is -2.12. The topological polar surface area (TPSA) is 92.6 Å². The van der Waals surface area contributed by atoms with Gasteiger partial charge in [-0.2, -0.15) is 4.98 Å². The molecule has 0 aliphatic carbocycles. The van der Waals surface area contributed by atoms with Gasteiger partial charge in [0, 0.05) is 5.56 Å². The van der Waals surface area contributed by atoms with Crippen LogP contribution in [0, 0.1) is 0 Å². The number of rotatable bonds is 5. The van der Waals surface area contributed by atoms with Gasteiger partial charge < -0.3 is 24.5 Å². The highest BCUT2D eigenvalue weighted by atomic mass is 16.7. The second kappa shape index (κ2) is 5.71. The number of nitrogens with two attached hydrogens (primary N) is 1. The molecule has 0 bridgehead atoms. The minimum absolute atomic E-state index is 0.108. The third-order valence-corrected chi connectivity index (χ3v) is 3.00. The second-order valence-corrected chi connectivity index (χ2v) is 5.01. The fraction of sp³-hybridized carbons (Fsp3) is 0.429. The molecule has 0 spiro atoms. The number of nitrogens with zero attached hydrogens (tertiary/aromatic N) is 2. The molecule has 0 radical (unpaired) electrons. The number of hydrogen-bond donors (Lipinski definition) is 1. The molecule has 2 heterocycles. The zero-order valence-corrected chi connectivity index (χ0v) is 11.9. The van der Waals surface area contributed by atoms with Crippen molar-refractivity contribution >= 4 is 0 Å². The van der Waals surface area contributed by atoms with Crippen molar-refractivity contribution in [3.05, 3.63) is 24.0 Å². The Balaban J connectivity index is 1.75. The third-order valence-electron chi connectivity index (χ3n) is 3.00. The van der Waals surface area contributed by atoms with Gasteiger partial charge in [-0.3, -0.25) is 0 Å². The molecule has 0 amide bonds. The first-order chi connectivity index (χ1) is 10.1. The number of aromatic nitrogens is 2. The molecule has 21 heavy (non-hydrogen) atoms. The van der Waals surface area contributed by atoms with Gasteiger partial charge in [-0.25, -0.2) is 0 Å². The summed E-state index contributed by atoms with van der Waals surface area (Å²) in [5.74, 6) is 2.19. The highest BCUT2D eigenvalue weighted by Gasteiger charge is 2.19. The summed E-state index contributed by atoms with van der Waals surface area (Å²) in [5, 5.41) is 3.90. The average Bonchev–Trinajstić information content (AvgIpc) is 3.12. The first-order valence-corrected chi connectivity index (χ1v) is 6.74. The van der Waals surface area contributed by atoms with E-state index in [0.717, 1.165) is 5.56 Å². The van der Waals surface area contributed by atoms with Crippen molar-refractivity contribution in [2.75, 3.05) is 13.4 Å². The zero-order chi connectivity index (χ0) is 14.8. The van der Waals surface area contributed by atoms with Crippen LogP contribution in [0.15, 0.2) is 22.7 Å². The van der Waals surface area contributed by atoms with E-state index >= 15 is 0 Å². The van der Waals surface area contributed by atoms with E-state index in [0.29, 0.717) is 29.8 Å². The van der Waals surface area contributed by atoms with Gasteiger partial charge in [-0.15, -0.1) is 0 Å². The molecule has 1 aliphatic rings. The Morgan fingerprint density at radius 3 is 2.90 bits per heavy atom. The van der Waals surface area contributed by atoms with Crippen LogP contribution in [-0.2, 0) is 4.74 Å². The lowest BCUT2D eigenvalue weighted by Gasteiger charge is -2.10. The van der Waals surface area contributed by atoms with Crippen molar-refractivity contribution in [1.29, 1.82) is 0 Å². The van der Waals surface area contributed by atoms with E-state index in [-0.39, 0.29) is 12.9 Å². The predicted molar refractivity (Wildman–Crippen MR) is 73.9 cm³/mol. The monoisotopic (exact) mass is 291 g/mol. The Morgan fingerprint density at radius 2 is 2.10 bits per heavy atom. The minimum Gasteiger partial charge on any atom is -0.454 e. The molecule has 0 saturated carbocycles. The smallest absolute Gasteiger partial charge is 0.258 e. The van der Waals surface area contributed by atoms with E-state index in [1.54, 1.807) is 6.07 Å². The van der Waals surface area contributed by atoms with E-state index in [1.807, 2.05) is 26.0 Å². The summed E-state index contributed by atoms with van der Waals surface area (Å²) in [5.41, 5.74) is 6.73. The zero-order valence-electron chi connectivity index (χ0n) is 11.9. The standard InChI is InChI=1S/C14H17N3O4/c1-8(2)18-6-10(15)13-16-14(21-17-13)9-3-4-11-12(5-9)20-7-19-11/h3-5,8,10H,6-7,15H2,1-2H3. The largest absolute Gasteiger partial charge is 0.454 e. The third kappa shape index (κ3) is 2.98. The summed E-state index contributed by atoms with van der Waals surface area (Å²) in [6.07, 6.45) is 0.108. The number of hydrogen-bond acceptors (Lipinski definition) is 7. The van der Waals surface area contributed by atoms with Gasteiger partial charge in [0.15, 0.2) is 17.3 Å². The first kappa shape index (κ1) is 13.8. The molecule has 0 fully saturated rings. The molecule has 3 rings (SSSR count). The maximum atomic E-state index is 5.97. The van der Waals surface area contributed by atoms with Crippen LogP contribution in [0.1, 0.15) is 25.7 Å². The van der Waals surface area contributed by atoms with Crippen LogP contribution in [-0.4, -0.2) is 29.6 Å². The van der Waals surface area contributed by atoms with Gasteiger partial charge in [0.2, 0.25) is 6.79 Å². The summed E-state index contributed by atoms with van der Waals surface area (Å²) >= 11 is 0. The molecule has 7 heteroatoms. The normalized spacial score (nSPS) is 14.7. The van der Waals surface area contributed by atoms with Gasteiger partial charge >= 0.3 is 0 Å². The fourth-order valence-corrected chi connectivity index (χ4v) is 1.90. The van der Waals surface area contributed by atoms with Crippen LogP contribution in [0.25, 0.3) is 11.5 Å². The lowest BCUT2D eigenvalue weighted by Crippen LogP contribution is -2.20. The van der Waals surface area contributed by atoms with Crippen molar-refractivity contribution in [1.82, 2.24) is 10.1 Å². The van der Waals surface area contributed by atoms with Crippen molar-refractivity contribution in [3.8, 4) is 23.0 Å². The molecule has 1 aromatic carbocycles. The Kier molecular flexibility index (Phi) is 3.76. The Morgan fingerprint density at radius 1 is 1.29 bits per heavy atom. The molecular weight excluding hydrogens is 274 g/mol. The number of ether oxygens (including phenoxy) is 3. The molecule has 1 unspecified atom stereocenters. The molecule has 2 aromatic rings. The van der Waals surface area contributed by atoms with Crippen molar-refractivity contribution in [2.24, 2.45) is 5.73 Å². The number of benzene rings is 1. The van der Waals surface area contributed by atoms with Crippen LogP contribution in [0.4, 0.5) is 0 Å². The van der Waals surface area contributed by atoms with Gasteiger partial charge in [-0.05, 0) is 32.0 Å². The van der Waals surface area contributed by atoms with Crippen LogP contribution < -0.4 is 15.2 Å². The Bertz CT molecular complexity index is 626. The summed E-state index contributed by atoms with van der Waals surface area (Å²) < 4.78 is 21.3. The highest BCUT2D eigenvalue weighted by Crippen LogP contribution is 2.35. The molecule has 1 aromatic heterocycles. The lowest BCUT2D eigenvalue weighted by molar-refractivity contribution is 0.0665. The molecule has 7 nitrogen and oxygen atoms in total. The average molecular weight is 291 g/mol. The molecule has 112 valence electrons.